The van der Waals surface area contributed by atoms with E-state index < -0.39 is 0 Å². The van der Waals surface area contributed by atoms with E-state index >= 15 is 0 Å². The molecule has 5 heteroatoms. The molecule has 0 saturated carbocycles. The van der Waals surface area contributed by atoms with Crippen LogP contribution >= 0.6 is 0 Å². The van der Waals surface area contributed by atoms with E-state index in [1.54, 1.807) is 30.3 Å². The number of nitrogens with zero attached hydrogens (tertiary/aromatic N) is 1. The average Bonchev–Trinajstić information content (AvgIpc) is 2.54. The van der Waals surface area contributed by atoms with Crippen LogP contribution in [0.3, 0.4) is 0 Å². The van der Waals surface area contributed by atoms with E-state index in [9.17, 15) is 9.59 Å². The number of carbonyl (C=O) groups excluding carboxylic acids is 2. The lowest BCUT2D eigenvalue weighted by atomic mass is 10.2. The van der Waals surface area contributed by atoms with E-state index in [1.807, 2.05) is 26.8 Å². The molecular weight excluding hydrogens is 304 g/mol. The van der Waals surface area contributed by atoms with Gasteiger partial charge in [-0.2, -0.15) is 0 Å². The van der Waals surface area contributed by atoms with Crippen molar-refractivity contribution in [1.82, 2.24) is 4.98 Å². The highest BCUT2D eigenvalue weighted by atomic mass is 16.5. The van der Waals surface area contributed by atoms with Crippen molar-refractivity contribution in [2.45, 2.75) is 33.6 Å². The lowest BCUT2D eigenvalue weighted by Crippen LogP contribution is -2.14. The second-order valence-corrected chi connectivity index (χ2v) is 5.69. The van der Waals surface area contributed by atoms with Crippen LogP contribution in [0.5, 0.6) is 0 Å². The number of pyridine rings is 1. The summed E-state index contributed by atoms with van der Waals surface area (Å²) in [4.78, 5) is 28.3. The SMILES string of the molecule is CCCCOC(=O)c1ccc(NC(=O)c2cc(C)cc(C)n2)cc1. The Morgan fingerprint density at radius 3 is 2.46 bits per heavy atom. The van der Waals surface area contributed by atoms with Crippen molar-refractivity contribution in [2.24, 2.45) is 0 Å². The first-order valence-electron chi connectivity index (χ1n) is 8.03. The molecule has 1 aromatic heterocycles. The van der Waals surface area contributed by atoms with Gasteiger partial charge < -0.3 is 10.1 Å². The second kappa shape index (κ2) is 8.24. The molecule has 0 atom stereocenters. The Balaban J connectivity index is 2.00. The molecule has 1 aromatic carbocycles. The molecule has 126 valence electrons. The summed E-state index contributed by atoms with van der Waals surface area (Å²) in [5, 5.41) is 2.78. The Morgan fingerprint density at radius 2 is 1.83 bits per heavy atom. The van der Waals surface area contributed by atoms with Gasteiger partial charge in [-0.15, -0.1) is 0 Å². The summed E-state index contributed by atoms with van der Waals surface area (Å²) in [6.45, 7) is 6.23. The molecule has 2 aromatic rings. The zero-order valence-electron chi connectivity index (χ0n) is 14.3. The molecule has 1 N–H and O–H groups in total. The minimum absolute atomic E-state index is 0.278. The molecule has 0 bridgehead atoms. The normalized spacial score (nSPS) is 10.3. The van der Waals surface area contributed by atoms with Crippen molar-refractivity contribution in [3.05, 3.63) is 58.9 Å². The number of esters is 1. The van der Waals surface area contributed by atoms with Gasteiger partial charge in [-0.25, -0.2) is 9.78 Å². The van der Waals surface area contributed by atoms with Gasteiger partial charge in [-0.3, -0.25) is 4.79 Å². The first-order chi connectivity index (χ1) is 11.5. The minimum Gasteiger partial charge on any atom is -0.462 e. The van der Waals surface area contributed by atoms with Crippen molar-refractivity contribution < 1.29 is 14.3 Å². The Bertz CT molecular complexity index is 704. The van der Waals surface area contributed by atoms with Crippen LogP contribution in [0.25, 0.3) is 0 Å². The molecule has 0 aliphatic rings. The second-order valence-electron chi connectivity index (χ2n) is 5.69. The summed E-state index contributed by atoms with van der Waals surface area (Å²) in [6, 6.07) is 10.3. The van der Waals surface area contributed by atoms with E-state index in [0.29, 0.717) is 23.6 Å². The number of nitrogens with one attached hydrogen (secondary N) is 1. The van der Waals surface area contributed by atoms with E-state index in [4.69, 9.17) is 4.74 Å². The van der Waals surface area contributed by atoms with Crippen LogP contribution in [0.2, 0.25) is 0 Å². The summed E-state index contributed by atoms with van der Waals surface area (Å²) in [6.07, 6.45) is 1.83. The van der Waals surface area contributed by atoms with Crippen LogP contribution in [0.1, 0.15) is 51.9 Å². The molecule has 0 saturated heterocycles. The van der Waals surface area contributed by atoms with E-state index in [2.05, 4.69) is 10.3 Å². The number of carbonyl (C=O) groups is 2. The summed E-state index contributed by atoms with van der Waals surface area (Å²) >= 11 is 0. The maximum Gasteiger partial charge on any atom is 0.338 e. The highest BCUT2D eigenvalue weighted by Gasteiger charge is 2.10. The molecule has 0 fully saturated rings. The highest BCUT2D eigenvalue weighted by molar-refractivity contribution is 6.03. The number of anilines is 1. The van der Waals surface area contributed by atoms with Crippen LogP contribution in [0.15, 0.2) is 36.4 Å². The summed E-state index contributed by atoms with van der Waals surface area (Å²) in [5.41, 5.74) is 3.22. The summed E-state index contributed by atoms with van der Waals surface area (Å²) in [7, 11) is 0. The van der Waals surface area contributed by atoms with Crippen molar-refractivity contribution >= 4 is 17.6 Å². The van der Waals surface area contributed by atoms with Gasteiger partial charge in [0, 0.05) is 11.4 Å². The van der Waals surface area contributed by atoms with Crippen molar-refractivity contribution in [1.29, 1.82) is 0 Å². The highest BCUT2D eigenvalue weighted by Crippen LogP contribution is 2.13. The maximum atomic E-state index is 12.2. The fraction of sp³-hybridized carbons (Fsp3) is 0.316. The number of hydrogen-bond acceptors (Lipinski definition) is 4. The fourth-order valence-corrected chi connectivity index (χ4v) is 2.23. The number of unbranched alkanes of at least 4 members (excludes halogenated alkanes) is 1. The molecule has 0 aliphatic carbocycles. The number of hydrogen-bond donors (Lipinski definition) is 1. The third-order valence-electron chi connectivity index (χ3n) is 3.44. The Kier molecular flexibility index (Phi) is 6.07. The van der Waals surface area contributed by atoms with Gasteiger partial charge in [0.2, 0.25) is 0 Å². The smallest absolute Gasteiger partial charge is 0.338 e. The van der Waals surface area contributed by atoms with Crippen LogP contribution in [0, 0.1) is 13.8 Å². The largest absolute Gasteiger partial charge is 0.462 e. The molecule has 5 nitrogen and oxygen atoms in total. The molecule has 24 heavy (non-hydrogen) atoms. The number of benzene rings is 1. The number of ether oxygens (including phenoxy) is 1. The van der Waals surface area contributed by atoms with E-state index in [0.717, 1.165) is 24.1 Å². The first-order valence-corrected chi connectivity index (χ1v) is 8.03. The van der Waals surface area contributed by atoms with Crippen LogP contribution in [-0.2, 0) is 4.74 Å². The van der Waals surface area contributed by atoms with Gasteiger partial charge in [0.05, 0.1) is 12.2 Å². The summed E-state index contributed by atoms with van der Waals surface area (Å²) in [5.74, 6) is -0.627. The van der Waals surface area contributed by atoms with Gasteiger partial charge in [0.1, 0.15) is 5.69 Å². The predicted molar refractivity (Wildman–Crippen MR) is 93.3 cm³/mol. The molecule has 0 radical (unpaired) electrons. The van der Waals surface area contributed by atoms with Gasteiger partial charge in [0.25, 0.3) is 5.91 Å². The van der Waals surface area contributed by atoms with Crippen molar-refractivity contribution in [3.63, 3.8) is 0 Å². The topological polar surface area (TPSA) is 68.3 Å². The Morgan fingerprint density at radius 1 is 1.12 bits per heavy atom. The minimum atomic E-state index is -0.350. The lowest BCUT2D eigenvalue weighted by Gasteiger charge is -2.08. The molecule has 0 spiro atoms. The standard InChI is InChI=1S/C19H22N2O3/c1-4-5-10-24-19(23)15-6-8-16(9-7-15)21-18(22)17-12-13(2)11-14(3)20-17/h6-9,11-12H,4-5,10H2,1-3H3,(H,21,22). The van der Waals surface area contributed by atoms with Crippen LogP contribution in [-0.4, -0.2) is 23.5 Å². The van der Waals surface area contributed by atoms with Crippen molar-refractivity contribution in [3.8, 4) is 0 Å². The molecule has 1 amide bonds. The van der Waals surface area contributed by atoms with Gasteiger partial charge in [-0.1, -0.05) is 13.3 Å². The van der Waals surface area contributed by atoms with Crippen LogP contribution < -0.4 is 5.32 Å². The third kappa shape index (κ3) is 4.91. The quantitative estimate of drug-likeness (QED) is 0.645. The number of aromatic nitrogens is 1. The lowest BCUT2D eigenvalue weighted by molar-refractivity contribution is 0.0499. The van der Waals surface area contributed by atoms with Crippen molar-refractivity contribution in [2.75, 3.05) is 11.9 Å². The fourth-order valence-electron chi connectivity index (χ4n) is 2.23. The Labute approximate surface area is 142 Å². The molecule has 0 aliphatic heterocycles. The zero-order valence-corrected chi connectivity index (χ0v) is 14.3. The number of amides is 1. The number of rotatable bonds is 6. The van der Waals surface area contributed by atoms with E-state index in [1.165, 1.54) is 0 Å². The summed E-state index contributed by atoms with van der Waals surface area (Å²) < 4.78 is 5.15. The average molecular weight is 326 g/mol. The Hall–Kier alpha value is -2.69. The maximum absolute atomic E-state index is 12.2. The molecule has 2 rings (SSSR count). The first kappa shape index (κ1) is 17.7. The number of aryl methyl sites for hydroxylation is 2. The predicted octanol–water partition coefficient (Wildman–Crippen LogP) is 3.91. The molecule has 0 unspecified atom stereocenters. The van der Waals surface area contributed by atoms with Gasteiger partial charge >= 0.3 is 5.97 Å². The zero-order chi connectivity index (χ0) is 17.5. The van der Waals surface area contributed by atoms with Crippen LogP contribution in [0.4, 0.5) is 5.69 Å². The third-order valence-corrected chi connectivity index (χ3v) is 3.44. The van der Waals surface area contributed by atoms with Gasteiger partial charge in [0.15, 0.2) is 0 Å². The van der Waals surface area contributed by atoms with Gasteiger partial charge in [-0.05, 0) is 62.2 Å². The monoisotopic (exact) mass is 326 g/mol. The van der Waals surface area contributed by atoms with E-state index in [-0.39, 0.29) is 11.9 Å². The molecular formula is C19H22N2O3. The molecule has 1 heterocycles.